The minimum absolute atomic E-state index is 0.236. The lowest BCUT2D eigenvalue weighted by Gasteiger charge is -2.37. The molecule has 0 aromatic heterocycles. The van der Waals surface area contributed by atoms with Gasteiger partial charge in [0.1, 0.15) is 11.7 Å². The molecule has 2 unspecified atom stereocenters. The monoisotopic (exact) mass is 374 g/mol. The fraction of sp³-hybridized carbons (Fsp3) is 0.240. The molecule has 3 aromatic carbocycles. The molecule has 0 fully saturated rings. The van der Waals surface area contributed by atoms with Gasteiger partial charge in [-0.05, 0) is 23.6 Å². The van der Waals surface area contributed by atoms with E-state index in [1.807, 2.05) is 97.9 Å². The lowest BCUT2D eigenvalue weighted by Crippen LogP contribution is -2.37. The summed E-state index contributed by atoms with van der Waals surface area (Å²) in [5.41, 5.74) is 2.15. The molecule has 3 rings (SSSR count). The summed E-state index contributed by atoms with van der Waals surface area (Å²) in [4.78, 5) is 11.6. The summed E-state index contributed by atoms with van der Waals surface area (Å²) in [6, 6.07) is 30.2. The Kier molecular flexibility index (Phi) is 6.40. The maximum atomic E-state index is 11.6. The number of carbonyl (C=O) groups excluding carboxylic acids is 1. The highest BCUT2D eigenvalue weighted by molar-refractivity contribution is 5.80. The summed E-state index contributed by atoms with van der Waals surface area (Å²) in [6.07, 6.45) is -1.04. The molecule has 0 aliphatic rings. The average molecular weight is 374 g/mol. The number of Topliss-reactive ketones (excluding diaryl/α,β-unsaturated/α-hetero) is 1. The van der Waals surface area contributed by atoms with Crippen LogP contribution in [0.15, 0.2) is 91.0 Å². The maximum Gasteiger partial charge on any atom is 0.158 e. The van der Waals surface area contributed by atoms with Gasteiger partial charge in [0.05, 0.1) is 6.61 Å². The van der Waals surface area contributed by atoms with E-state index in [1.54, 1.807) is 0 Å². The molecule has 0 radical (unpaired) electrons. The van der Waals surface area contributed by atoms with Crippen molar-refractivity contribution in [1.82, 2.24) is 0 Å². The number of aliphatic hydroxyl groups excluding tert-OH is 1. The molecule has 28 heavy (non-hydrogen) atoms. The Hall–Kier alpha value is -2.75. The van der Waals surface area contributed by atoms with Gasteiger partial charge in [-0.2, -0.15) is 0 Å². The third-order valence-corrected chi connectivity index (χ3v) is 5.06. The third-order valence-electron chi connectivity index (χ3n) is 5.06. The summed E-state index contributed by atoms with van der Waals surface area (Å²) in [7, 11) is 0. The van der Waals surface area contributed by atoms with Gasteiger partial charge in [-0.15, -0.1) is 0 Å². The standard InChI is InChI=1S/C25H26O3/c1-19(24(27)20(2)26)18-28-25(21-12-6-3-7-13-21,22-14-8-4-9-15-22)23-16-10-5-11-17-23/h3-17,19,24,27H,18H2,1-2H3. The van der Waals surface area contributed by atoms with Crippen molar-refractivity contribution in [3.05, 3.63) is 108 Å². The van der Waals surface area contributed by atoms with Crippen LogP contribution < -0.4 is 0 Å². The molecule has 2 atom stereocenters. The van der Waals surface area contributed by atoms with Crippen molar-refractivity contribution in [1.29, 1.82) is 0 Å². The molecule has 144 valence electrons. The SMILES string of the molecule is CC(=O)C(O)C(C)COC(c1ccccc1)(c1ccccc1)c1ccccc1. The van der Waals surface area contributed by atoms with Gasteiger partial charge >= 0.3 is 0 Å². The van der Waals surface area contributed by atoms with Gasteiger partial charge in [0.25, 0.3) is 0 Å². The largest absolute Gasteiger partial charge is 0.385 e. The minimum atomic E-state index is -1.04. The summed E-state index contributed by atoms with van der Waals surface area (Å²) in [5, 5.41) is 10.2. The van der Waals surface area contributed by atoms with Crippen LogP contribution in [0.25, 0.3) is 0 Å². The van der Waals surface area contributed by atoms with Crippen LogP contribution in [0.3, 0.4) is 0 Å². The Bertz CT molecular complexity index is 779. The number of carbonyl (C=O) groups is 1. The number of aliphatic hydroxyl groups is 1. The number of benzene rings is 3. The zero-order valence-corrected chi connectivity index (χ0v) is 16.3. The normalized spacial score (nSPS) is 13.7. The molecular formula is C25H26O3. The number of rotatable bonds is 8. The zero-order valence-electron chi connectivity index (χ0n) is 16.3. The summed E-state index contributed by atoms with van der Waals surface area (Å²) in [5.74, 6) is -0.575. The summed E-state index contributed by atoms with van der Waals surface area (Å²) >= 11 is 0. The number of hydrogen-bond donors (Lipinski definition) is 1. The fourth-order valence-corrected chi connectivity index (χ4v) is 3.52. The van der Waals surface area contributed by atoms with Crippen LogP contribution in [0.2, 0.25) is 0 Å². The van der Waals surface area contributed by atoms with Gasteiger partial charge in [-0.3, -0.25) is 4.79 Å². The van der Waals surface area contributed by atoms with Crippen LogP contribution in [-0.4, -0.2) is 23.6 Å². The van der Waals surface area contributed by atoms with Gasteiger partial charge in [0.15, 0.2) is 5.78 Å². The van der Waals surface area contributed by atoms with Crippen molar-refractivity contribution in [3.63, 3.8) is 0 Å². The quantitative estimate of drug-likeness (QED) is 0.587. The predicted molar refractivity (Wildman–Crippen MR) is 111 cm³/mol. The number of ether oxygens (including phenoxy) is 1. The molecule has 0 amide bonds. The Morgan fingerprint density at radius 3 is 1.50 bits per heavy atom. The Morgan fingerprint density at radius 1 is 0.821 bits per heavy atom. The van der Waals surface area contributed by atoms with Crippen molar-refractivity contribution in [2.24, 2.45) is 5.92 Å². The molecule has 0 saturated carbocycles. The van der Waals surface area contributed by atoms with E-state index in [0.717, 1.165) is 16.7 Å². The molecule has 3 aromatic rings. The molecule has 3 nitrogen and oxygen atoms in total. The molecule has 0 spiro atoms. The smallest absolute Gasteiger partial charge is 0.158 e. The summed E-state index contributed by atoms with van der Waals surface area (Å²) < 4.78 is 6.61. The Balaban J connectivity index is 2.13. The van der Waals surface area contributed by atoms with Gasteiger partial charge in [0.2, 0.25) is 0 Å². The molecule has 0 heterocycles. The van der Waals surface area contributed by atoms with E-state index in [2.05, 4.69) is 0 Å². The van der Waals surface area contributed by atoms with E-state index >= 15 is 0 Å². The molecule has 0 aliphatic heterocycles. The second kappa shape index (κ2) is 8.96. The van der Waals surface area contributed by atoms with E-state index in [1.165, 1.54) is 6.92 Å². The van der Waals surface area contributed by atoms with Crippen molar-refractivity contribution in [2.45, 2.75) is 25.6 Å². The van der Waals surface area contributed by atoms with Gasteiger partial charge in [-0.25, -0.2) is 0 Å². The van der Waals surface area contributed by atoms with E-state index in [-0.39, 0.29) is 18.3 Å². The molecule has 1 N–H and O–H groups in total. The first-order valence-corrected chi connectivity index (χ1v) is 9.54. The fourth-order valence-electron chi connectivity index (χ4n) is 3.52. The molecule has 0 saturated heterocycles. The Labute approximate surface area is 166 Å². The maximum absolute atomic E-state index is 11.6. The average Bonchev–Trinajstić information content (AvgIpc) is 2.75. The van der Waals surface area contributed by atoms with Crippen LogP contribution in [0.1, 0.15) is 30.5 Å². The van der Waals surface area contributed by atoms with Crippen LogP contribution in [-0.2, 0) is 15.1 Å². The topological polar surface area (TPSA) is 46.5 Å². The second-order valence-electron chi connectivity index (χ2n) is 7.12. The lowest BCUT2D eigenvalue weighted by atomic mass is 9.80. The van der Waals surface area contributed by atoms with E-state index in [9.17, 15) is 9.90 Å². The lowest BCUT2D eigenvalue weighted by molar-refractivity contribution is -0.129. The van der Waals surface area contributed by atoms with Gasteiger partial charge < -0.3 is 9.84 Å². The van der Waals surface area contributed by atoms with Gasteiger partial charge in [-0.1, -0.05) is 97.9 Å². The van der Waals surface area contributed by atoms with Crippen molar-refractivity contribution >= 4 is 5.78 Å². The highest BCUT2D eigenvalue weighted by Gasteiger charge is 2.38. The van der Waals surface area contributed by atoms with Crippen LogP contribution in [0.4, 0.5) is 0 Å². The van der Waals surface area contributed by atoms with E-state index < -0.39 is 11.7 Å². The second-order valence-corrected chi connectivity index (χ2v) is 7.12. The van der Waals surface area contributed by atoms with E-state index in [0.29, 0.717) is 0 Å². The first-order chi connectivity index (χ1) is 13.6. The third kappa shape index (κ3) is 4.06. The first kappa shape index (κ1) is 20.0. The molecule has 0 bridgehead atoms. The van der Waals surface area contributed by atoms with E-state index in [4.69, 9.17) is 4.74 Å². The van der Waals surface area contributed by atoms with Crippen LogP contribution >= 0.6 is 0 Å². The highest BCUT2D eigenvalue weighted by Crippen LogP contribution is 2.40. The van der Waals surface area contributed by atoms with Crippen molar-refractivity contribution in [2.75, 3.05) is 6.61 Å². The molecular weight excluding hydrogens is 348 g/mol. The van der Waals surface area contributed by atoms with Gasteiger partial charge in [0, 0.05) is 5.92 Å². The number of hydrogen-bond acceptors (Lipinski definition) is 3. The van der Waals surface area contributed by atoms with Crippen LogP contribution in [0, 0.1) is 5.92 Å². The van der Waals surface area contributed by atoms with Crippen molar-refractivity contribution in [3.8, 4) is 0 Å². The highest BCUT2D eigenvalue weighted by atomic mass is 16.5. The molecule has 3 heteroatoms. The Morgan fingerprint density at radius 2 is 1.18 bits per heavy atom. The predicted octanol–water partition coefficient (Wildman–Crippen LogP) is 4.58. The zero-order chi connectivity index (χ0) is 20.0. The first-order valence-electron chi connectivity index (χ1n) is 9.54. The van der Waals surface area contributed by atoms with Crippen molar-refractivity contribution < 1.29 is 14.6 Å². The molecule has 0 aliphatic carbocycles. The number of ketones is 1. The summed E-state index contributed by atoms with van der Waals surface area (Å²) in [6.45, 7) is 3.47. The minimum Gasteiger partial charge on any atom is -0.385 e. The van der Waals surface area contributed by atoms with Crippen LogP contribution in [0.5, 0.6) is 0 Å².